The molecule has 1 aromatic carbocycles. The summed E-state index contributed by atoms with van der Waals surface area (Å²) in [4.78, 5) is 2.67. The van der Waals surface area contributed by atoms with Gasteiger partial charge in [-0.2, -0.15) is 11.8 Å². The van der Waals surface area contributed by atoms with Crippen LogP contribution in [0.3, 0.4) is 0 Å². The molecule has 1 aliphatic heterocycles. The van der Waals surface area contributed by atoms with E-state index in [1.54, 1.807) is 0 Å². The number of nitrogens with two attached hydrogens (primary N) is 1. The molecule has 3 rings (SSSR count). The second-order valence-corrected chi connectivity index (χ2v) is 6.30. The molecule has 0 aromatic heterocycles. The molecule has 2 N–H and O–H groups in total. The van der Waals surface area contributed by atoms with Gasteiger partial charge in [-0.1, -0.05) is 0 Å². The highest BCUT2D eigenvalue weighted by molar-refractivity contribution is 7.99. The largest absolute Gasteiger partial charge is 0.399 e. The van der Waals surface area contributed by atoms with Crippen molar-refractivity contribution in [2.24, 2.45) is 0 Å². The fraction of sp³-hybridized carbons (Fsp3) is 0.571. The maximum Gasteiger partial charge on any atom is 0.0372 e. The quantitative estimate of drug-likeness (QED) is 0.833. The maximum absolute atomic E-state index is 5.78. The molecule has 1 heterocycles. The van der Waals surface area contributed by atoms with Crippen LogP contribution < -0.4 is 10.6 Å². The first-order chi connectivity index (χ1) is 8.34. The van der Waals surface area contributed by atoms with Gasteiger partial charge in [-0.15, -0.1) is 0 Å². The first-order valence-electron chi connectivity index (χ1n) is 6.56. The smallest absolute Gasteiger partial charge is 0.0372 e. The molecule has 1 saturated heterocycles. The fourth-order valence-corrected chi connectivity index (χ4v) is 3.76. The minimum atomic E-state index is 0.757. The second-order valence-electron chi connectivity index (χ2n) is 5.07. The summed E-state index contributed by atoms with van der Waals surface area (Å²) in [7, 11) is 0. The summed E-state index contributed by atoms with van der Waals surface area (Å²) in [5.74, 6) is 2.64. The van der Waals surface area contributed by atoms with E-state index in [0.717, 1.165) is 17.8 Å². The number of thioether (sulfide) groups is 1. The molecule has 0 radical (unpaired) electrons. The molecule has 17 heavy (non-hydrogen) atoms. The van der Waals surface area contributed by atoms with Gasteiger partial charge in [0.2, 0.25) is 0 Å². The van der Waals surface area contributed by atoms with Gasteiger partial charge in [0.25, 0.3) is 0 Å². The number of hydrogen-bond acceptors (Lipinski definition) is 3. The molecule has 1 aromatic rings. The van der Waals surface area contributed by atoms with Crippen molar-refractivity contribution in [3.63, 3.8) is 0 Å². The molecule has 3 heteroatoms. The third-order valence-electron chi connectivity index (χ3n) is 3.72. The predicted molar refractivity (Wildman–Crippen MR) is 76.7 cm³/mol. The molecule has 0 atom stereocenters. The van der Waals surface area contributed by atoms with Gasteiger partial charge in [0.1, 0.15) is 0 Å². The summed E-state index contributed by atoms with van der Waals surface area (Å²) in [6.45, 7) is 0. The molecule has 0 spiro atoms. The van der Waals surface area contributed by atoms with Gasteiger partial charge in [-0.05, 0) is 61.5 Å². The SMILES string of the molecule is Nc1ccc(N(C2CCSCC2)C2CC2)cc1. The van der Waals surface area contributed by atoms with Crippen molar-refractivity contribution in [1.82, 2.24) is 0 Å². The Morgan fingerprint density at radius 1 is 0.941 bits per heavy atom. The van der Waals surface area contributed by atoms with Gasteiger partial charge in [-0.3, -0.25) is 0 Å². The molecule has 0 amide bonds. The zero-order chi connectivity index (χ0) is 11.7. The van der Waals surface area contributed by atoms with Crippen molar-refractivity contribution in [2.75, 3.05) is 22.1 Å². The van der Waals surface area contributed by atoms with Gasteiger partial charge >= 0.3 is 0 Å². The third kappa shape index (κ3) is 2.54. The first kappa shape index (κ1) is 11.3. The standard InChI is InChI=1S/C14H20N2S/c15-11-1-3-12(4-2-11)16(13-5-6-13)14-7-9-17-10-8-14/h1-4,13-14H,5-10,15H2. The number of nitrogen functional groups attached to an aromatic ring is 1. The van der Waals surface area contributed by atoms with Crippen LogP contribution in [-0.2, 0) is 0 Å². The monoisotopic (exact) mass is 248 g/mol. The van der Waals surface area contributed by atoms with Gasteiger partial charge in [0.05, 0.1) is 0 Å². The summed E-state index contributed by atoms with van der Waals surface area (Å²) in [6.07, 6.45) is 5.42. The Morgan fingerprint density at radius 3 is 2.12 bits per heavy atom. The van der Waals surface area contributed by atoms with E-state index in [2.05, 4.69) is 28.8 Å². The van der Waals surface area contributed by atoms with Gasteiger partial charge in [0, 0.05) is 23.5 Å². The molecule has 1 aliphatic carbocycles. The highest BCUT2D eigenvalue weighted by Crippen LogP contribution is 2.37. The number of hydrogen-bond donors (Lipinski definition) is 1. The van der Waals surface area contributed by atoms with Crippen molar-refractivity contribution in [3.8, 4) is 0 Å². The topological polar surface area (TPSA) is 29.3 Å². The molecule has 2 aliphatic rings. The Labute approximate surface area is 108 Å². The maximum atomic E-state index is 5.78. The summed E-state index contributed by atoms with van der Waals surface area (Å²) < 4.78 is 0. The molecule has 0 unspecified atom stereocenters. The van der Waals surface area contributed by atoms with Crippen LogP contribution in [0.4, 0.5) is 11.4 Å². The Morgan fingerprint density at radius 2 is 1.53 bits per heavy atom. The van der Waals surface area contributed by atoms with Crippen LogP contribution in [0.25, 0.3) is 0 Å². The van der Waals surface area contributed by atoms with Crippen molar-refractivity contribution in [1.29, 1.82) is 0 Å². The predicted octanol–water partition coefficient (Wildman–Crippen LogP) is 3.13. The second kappa shape index (κ2) is 4.81. The van der Waals surface area contributed by atoms with Crippen molar-refractivity contribution < 1.29 is 0 Å². The molecule has 2 nitrogen and oxygen atoms in total. The number of rotatable bonds is 3. The van der Waals surface area contributed by atoms with E-state index in [-0.39, 0.29) is 0 Å². The van der Waals surface area contributed by atoms with Crippen LogP contribution in [-0.4, -0.2) is 23.6 Å². The van der Waals surface area contributed by atoms with Crippen molar-refractivity contribution in [2.45, 2.75) is 37.8 Å². The van der Waals surface area contributed by atoms with Crippen LogP contribution in [0, 0.1) is 0 Å². The Kier molecular flexibility index (Phi) is 3.19. The van der Waals surface area contributed by atoms with E-state index in [1.807, 2.05) is 12.1 Å². The Hall–Kier alpha value is -0.830. The van der Waals surface area contributed by atoms with Gasteiger partial charge in [-0.25, -0.2) is 0 Å². The van der Waals surface area contributed by atoms with Gasteiger partial charge < -0.3 is 10.6 Å². The molecule has 0 bridgehead atoms. The lowest BCUT2D eigenvalue weighted by Gasteiger charge is -2.36. The van der Waals surface area contributed by atoms with E-state index in [9.17, 15) is 0 Å². The normalized spacial score (nSPS) is 21.4. The fourth-order valence-electron chi connectivity index (χ4n) is 2.68. The molecular weight excluding hydrogens is 228 g/mol. The number of anilines is 2. The summed E-state index contributed by atoms with van der Waals surface area (Å²) in [5, 5.41) is 0. The lowest BCUT2D eigenvalue weighted by atomic mass is 10.1. The van der Waals surface area contributed by atoms with E-state index < -0.39 is 0 Å². The summed E-state index contributed by atoms with van der Waals surface area (Å²) in [5.41, 5.74) is 8.01. The van der Waals surface area contributed by atoms with E-state index in [1.165, 1.54) is 42.9 Å². The third-order valence-corrected chi connectivity index (χ3v) is 4.76. The van der Waals surface area contributed by atoms with Crippen LogP contribution in [0.2, 0.25) is 0 Å². The average molecular weight is 248 g/mol. The molecule has 2 fully saturated rings. The van der Waals surface area contributed by atoms with E-state index >= 15 is 0 Å². The van der Waals surface area contributed by atoms with E-state index in [0.29, 0.717) is 0 Å². The highest BCUT2D eigenvalue weighted by Gasteiger charge is 2.34. The average Bonchev–Trinajstić information content (AvgIpc) is 3.18. The summed E-state index contributed by atoms with van der Waals surface area (Å²) in [6, 6.07) is 9.99. The number of nitrogens with zero attached hydrogens (tertiary/aromatic N) is 1. The number of benzene rings is 1. The molecule has 92 valence electrons. The van der Waals surface area contributed by atoms with Crippen LogP contribution >= 0.6 is 11.8 Å². The Bertz CT molecular complexity index is 366. The Balaban J connectivity index is 1.81. The van der Waals surface area contributed by atoms with Crippen molar-refractivity contribution >= 4 is 23.1 Å². The highest BCUT2D eigenvalue weighted by atomic mass is 32.2. The summed E-state index contributed by atoms with van der Waals surface area (Å²) >= 11 is 2.10. The van der Waals surface area contributed by atoms with Crippen LogP contribution in [0.15, 0.2) is 24.3 Å². The lowest BCUT2D eigenvalue weighted by Crippen LogP contribution is -2.39. The van der Waals surface area contributed by atoms with Crippen LogP contribution in [0.5, 0.6) is 0 Å². The van der Waals surface area contributed by atoms with E-state index in [4.69, 9.17) is 5.73 Å². The lowest BCUT2D eigenvalue weighted by molar-refractivity contribution is 0.550. The zero-order valence-electron chi connectivity index (χ0n) is 10.1. The first-order valence-corrected chi connectivity index (χ1v) is 7.72. The minimum Gasteiger partial charge on any atom is -0.399 e. The van der Waals surface area contributed by atoms with Crippen LogP contribution in [0.1, 0.15) is 25.7 Å². The molecule has 1 saturated carbocycles. The van der Waals surface area contributed by atoms with Crippen molar-refractivity contribution in [3.05, 3.63) is 24.3 Å². The molecular formula is C14H20N2S. The zero-order valence-corrected chi connectivity index (χ0v) is 11.0. The minimum absolute atomic E-state index is 0.757. The van der Waals surface area contributed by atoms with Gasteiger partial charge in [0.15, 0.2) is 0 Å².